The quantitative estimate of drug-likeness (QED) is 0.643. The molecule has 0 unspecified atom stereocenters. The lowest BCUT2D eigenvalue weighted by molar-refractivity contribution is -0.118. The molecule has 0 saturated heterocycles. The second-order valence-corrected chi connectivity index (χ2v) is 7.05. The molecular weight excluding hydrogens is 465 g/mol. The number of anilines is 1. The number of aryl methyl sites for hydroxylation is 1. The number of carbonyl (C=O) groups excluding carboxylic acids is 1. The van der Waals surface area contributed by atoms with Gasteiger partial charge in [0.05, 0.1) is 15.1 Å². The predicted molar refractivity (Wildman–Crippen MR) is 99.1 cm³/mol. The molecule has 0 bridgehead atoms. The molecule has 0 aliphatic rings. The lowest BCUT2D eigenvalue weighted by atomic mass is 10.2. The molecule has 24 heavy (non-hydrogen) atoms. The van der Waals surface area contributed by atoms with Gasteiger partial charge in [-0.15, -0.1) is 0 Å². The summed E-state index contributed by atoms with van der Waals surface area (Å²) in [5.74, 6) is -1.01. The summed E-state index contributed by atoms with van der Waals surface area (Å²) < 4.78 is 7.15. The van der Waals surface area contributed by atoms with Crippen molar-refractivity contribution >= 4 is 61.0 Å². The Bertz CT molecular complexity index is 788. The molecule has 0 aliphatic carbocycles. The topological polar surface area (TPSA) is 75.6 Å². The summed E-state index contributed by atoms with van der Waals surface area (Å²) >= 11 is 12.5. The smallest absolute Gasteiger partial charge is 0.337 e. The highest BCUT2D eigenvalue weighted by Gasteiger charge is 2.13. The fraction of sp³-hybridized carbons (Fsp3) is 0.125. The molecule has 0 aliphatic heterocycles. The minimum absolute atomic E-state index is 0.0816. The third-order valence-electron chi connectivity index (χ3n) is 3.02. The number of hydrogen-bond donors (Lipinski definition) is 2. The van der Waals surface area contributed by atoms with Gasteiger partial charge in [0.2, 0.25) is 0 Å². The summed E-state index contributed by atoms with van der Waals surface area (Å²) in [6, 6.07) is 7.92. The predicted octanol–water partition coefficient (Wildman–Crippen LogP) is 4.89. The Balaban J connectivity index is 2.04. The Morgan fingerprint density at radius 2 is 1.96 bits per heavy atom. The van der Waals surface area contributed by atoms with E-state index in [2.05, 4.69) is 37.2 Å². The van der Waals surface area contributed by atoms with Gasteiger partial charge >= 0.3 is 5.97 Å². The van der Waals surface area contributed by atoms with Crippen LogP contribution in [0.3, 0.4) is 0 Å². The summed E-state index contributed by atoms with van der Waals surface area (Å²) in [6.45, 7) is 1.65. The number of carbonyl (C=O) groups is 2. The number of carboxylic acids is 1. The number of nitrogens with one attached hydrogen (secondary N) is 1. The van der Waals surface area contributed by atoms with Gasteiger partial charge < -0.3 is 15.2 Å². The fourth-order valence-corrected chi connectivity index (χ4v) is 3.73. The van der Waals surface area contributed by atoms with Crippen LogP contribution in [0.25, 0.3) is 0 Å². The lowest BCUT2D eigenvalue weighted by Gasteiger charge is -2.12. The number of aromatic carboxylic acids is 1. The van der Waals surface area contributed by atoms with Crippen molar-refractivity contribution < 1.29 is 19.4 Å². The maximum atomic E-state index is 12.0. The molecule has 1 amide bonds. The standard InChI is InChI=1S/C16H12Br2ClNO4/c1-8-4-9(17)5-12(18)15(8)24-7-14(21)20-10-2-3-13(19)11(6-10)16(22)23/h2-6H,7H2,1H3,(H,20,21)(H,22,23). The molecule has 0 aromatic heterocycles. The van der Waals surface area contributed by atoms with Gasteiger partial charge in [-0.05, 0) is 58.7 Å². The number of rotatable bonds is 5. The molecule has 126 valence electrons. The molecule has 2 aromatic carbocycles. The van der Waals surface area contributed by atoms with Gasteiger partial charge in [-0.3, -0.25) is 4.79 Å². The van der Waals surface area contributed by atoms with E-state index in [1.54, 1.807) is 0 Å². The Morgan fingerprint density at radius 1 is 1.25 bits per heavy atom. The van der Waals surface area contributed by atoms with E-state index in [4.69, 9.17) is 21.4 Å². The highest BCUT2D eigenvalue weighted by Crippen LogP contribution is 2.32. The van der Waals surface area contributed by atoms with Crippen molar-refractivity contribution in [3.05, 3.63) is 55.4 Å². The summed E-state index contributed by atoms with van der Waals surface area (Å²) in [6.07, 6.45) is 0. The molecule has 0 spiro atoms. The number of halogens is 3. The number of carboxylic acid groups (broad SMARTS) is 1. The lowest BCUT2D eigenvalue weighted by Crippen LogP contribution is -2.20. The minimum Gasteiger partial charge on any atom is -0.482 e. The van der Waals surface area contributed by atoms with Crippen LogP contribution >= 0.6 is 43.5 Å². The molecule has 5 nitrogen and oxygen atoms in total. The van der Waals surface area contributed by atoms with Crippen LogP contribution in [-0.2, 0) is 4.79 Å². The first kappa shape index (κ1) is 18.8. The largest absolute Gasteiger partial charge is 0.482 e. The second-order valence-electron chi connectivity index (χ2n) is 4.87. The monoisotopic (exact) mass is 475 g/mol. The molecule has 0 atom stereocenters. The van der Waals surface area contributed by atoms with Crippen molar-refractivity contribution in [2.75, 3.05) is 11.9 Å². The SMILES string of the molecule is Cc1cc(Br)cc(Br)c1OCC(=O)Nc1ccc(Cl)c(C(=O)O)c1. The van der Waals surface area contributed by atoms with E-state index in [0.29, 0.717) is 11.4 Å². The van der Waals surface area contributed by atoms with Gasteiger partial charge in [-0.1, -0.05) is 27.5 Å². The average molecular weight is 478 g/mol. The van der Waals surface area contributed by atoms with E-state index in [9.17, 15) is 9.59 Å². The average Bonchev–Trinajstić information content (AvgIpc) is 2.47. The van der Waals surface area contributed by atoms with E-state index in [1.165, 1.54) is 18.2 Å². The van der Waals surface area contributed by atoms with Gasteiger partial charge in [0.15, 0.2) is 6.61 Å². The van der Waals surface area contributed by atoms with E-state index in [0.717, 1.165) is 14.5 Å². The number of amides is 1. The highest BCUT2D eigenvalue weighted by molar-refractivity contribution is 9.11. The molecule has 0 fully saturated rings. The Hall–Kier alpha value is -1.57. The zero-order valence-electron chi connectivity index (χ0n) is 12.4. The number of benzene rings is 2. The Kier molecular flexibility index (Phi) is 6.26. The van der Waals surface area contributed by atoms with E-state index < -0.39 is 11.9 Å². The van der Waals surface area contributed by atoms with Crippen LogP contribution in [0.4, 0.5) is 5.69 Å². The molecule has 2 aromatic rings. The summed E-state index contributed by atoms with van der Waals surface area (Å²) in [4.78, 5) is 23.0. The maximum absolute atomic E-state index is 12.0. The molecular formula is C16H12Br2ClNO4. The third kappa shape index (κ3) is 4.72. The van der Waals surface area contributed by atoms with Crippen LogP contribution in [0, 0.1) is 6.92 Å². The van der Waals surface area contributed by atoms with Gasteiger partial charge in [0.25, 0.3) is 5.91 Å². The Labute approximate surface area is 160 Å². The van der Waals surface area contributed by atoms with Crippen LogP contribution in [0.15, 0.2) is 39.3 Å². The van der Waals surface area contributed by atoms with Crippen LogP contribution in [0.2, 0.25) is 5.02 Å². The van der Waals surface area contributed by atoms with Crippen molar-refractivity contribution in [3.63, 3.8) is 0 Å². The van der Waals surface area contributed by atoms with Crippen molar-refractivity contribution in [2.45, 2.75) is 6.92 Å². The highest BCUT2D eigenvalue weighted by atomic mass is 79.9. The normalized spacial score (nSPS) is 10.3. The molecule has 0 heterocycles. The fourth-order valence-electron chi connectivity index (χ4n) is 1.97. The van der Waals surface area contributed by atoms with Crippen molar-refractivity contribution in [3.8, 4) is 5.75 Å². The second kappa shape index (κ2) is 8.00. The Morgan fingerprint density at radius 3 is 2.58 bits per heavy atom. The molecule has 0 saturated carbocycles. The van der Waals surface area contributed by atoms with Crippen LogP contribution in [0.1, 0.15) is 15.9 Å². The third-order valence-corrected chi connectivity index (χ3v) is 4.40. The van der Waals surface area contributed by atoms with Crippen LogP contribution < -0.4 is 10.1 Å². The molecule has 2 rings (SSSR count). The molecule has 0 radical (unpaired) electrons. The summed E-state index contributed by atoms with van der Waals surface area (Å²) in [5, 5.41) is 11.7. The van der Waals surface area contributed by atoms with E-state index in [1.807, 2.05) is 19.1 Å². The van der Waals surface area contributed by atoms with Gasteiger partial charge in [-0.2, -0.15) is 0 Å². The van der Waals surface area contributed by atoms with Gasteiger partial charge in [-0.25, -0.2) is 4.79 Å². The van der Waals surface area contributed by atoms with Crippen molar-refractivity contribution in [2.24, 2.45) is 0 Å². The first-order chi connectivity index (χ1) is 11.3. The maximum Gasteiger partial charge on any atom is 0.337 e. The van der Waals surface area contributed by atoms with Crippen LogP contribution in [0.5, 0.6) is 5.75 Å². The number of hydrogen-bond acceptors (Lipinski definition) is 3. The molecule has 2 N–H and O–H groups in total. The first-order valence-corrected chi connectivity index (χ1v) is 8.65. The first-order valence-electron chi connectivity index (χ1n) is 6.69. The zero-order chi connectivity index (χ0) is 17.9. The van der Waals surface area contributed by atoms with Crippen molar-refractivity contribution in [1.82, 2.24) is 0 Å². The van der Waals surface area contributed by atoms with E-state index in [-0.39, 0.29) is 17.2 Å². The van der Waals surface area contributed by atoms with Gasteiger partial charge in [0.1, 0.15) is 5.75 Å². The number of ether oxygens (including phenoxy) is 1. The van der Waals surface area contributed by atoms with Crippen LogP contribution in [-0.4, -0.2) is 23.6 Å². The van der Waals surface area contributed by atoms with E-state index >= 15 is 0 Å². The summed E-state index contributed by atoms with van der Waals surface area (Å²) in [7, 11) is 0. The zero-order valence-corrected chi connectivity index (χ0v) is 16.3. The van der Waals surface area contributed by atoms with Gasteiger partial charge in [0, 0.05) is 10.2 Å². The minimum atomic E-state index is -1.17. The van der Waals surface area contributed by atoms with Crippen molar-refractivity contribution in [1.29, 1.82) is 0 Å². The molecule has 8 heteroatoms. The summed E-state index contributed by atoms with van der Waals surface area (Å²) in [5.41, 5.74) is 1.11.